The fourth-order valence-electron chi connectivity index (χ4n) is 3.93. The van der Waals surface area contributed by atoms with Crippen molar-refractivity contribution in [1.82, 2.24) is 24.6 Å². The van der Waals surface area contributed by atoms with Gasteiger partial charge in [0.05, 0.1) is 24.5 Å². The van der Waals surface area contributed by atoms with Gasteiger partial charge in [0, 0.05) is 19.3 Å². The van der Waals surface area contributed by atoms with E-state index in [1.54, 1.807) is 24.1 Å². The van der Waals surface area contributed by atoms with E-state index in [4.69, 9.17) is 4.74 Å². The highest BCUT2D eigenvalue weighted by Crippen LogP contribution is 2.23. The van der Waals surface area contributed by atoms with Crippen LogP contribution in [0, 0.1) is 6.92 Å². The first kappa shape index (κ1) is 21.5. The zero-order chi connectivity index (χ0) is 23.5. The van der Waals surface area contributed by atoms with Crippen LogP contribution >= 0.6 is 0 Å². The summed E-state index contributed by atoms with van der Waals surface area (Å²) in [6, 6.07) is 23.9. The molecule has 7 nitrogen and oxygen atoms in total. The molecule has 2 heterocycles. The number of fused-ring (bicyclic) bond motifs is 1. The third-order valence-corrected chi connectivity index (χ3v) is 5.76. The molecule has 1 amide bonds. The highest BCUT2D eigenvalue weighted by atomic mass is 16.5. The summed E-state index contributed by atoms with van der Waals surface area (Å²) in [7, 11) is 1.62. The van der Waals surface area contributed by atoms with Crippen molar-refractivity contribution in [2.75, 3.05) is 7.11 Å². The van der Waals surface area contributed by atoms with Crippen molar-refractivity contribution in [2.45, 2.75) is 20.0 Å². The van der Waals surface area contributed by atoms with E-state index in [0.717, 1.165) is 34.4 Å². The van der Waals surface area contributed by atoms with E-state index < -0.39 is 0 Å². The van der Waals surface area contributed by atoms with E-state index in [2.05, 4.69) is 38.2 Å². The molecule has 0 fully saturated rings. The Morgan fingerprint density at radius 3 is 2.62 bits per heavy atom. The number of aromatic nitrogens is 4. The highest BCUT2D eigenvalue weighted by molar-refractivity contribution is 5.92. The molecule has 0 saturated heterocycles. The average molecular weight is 452 g/mol. The van der Waals surface area contributed by atoms with Gasteiger partial charge in [-0.15, -0.1) is 0 Å². The van der Waals surface area contributed by atoms with Gasteiger partial charge in [-0.1, -0.05) is 42.5 Å². The van der Waals surface area contributed by atoms with Crippen molar-refractivity contribution in [3.8, 4) is 11.4 Å². The van der Waals surface area contributed by atoms with Gasteiger partial charge in [0.15, 0.2) is 5.69 Å². The zero-order valence-electron chi connectivity index (χ0n) is 19.1. The Bertz CT molecular complexity index is 1450. The highest BCUT2D eigenvalue weighted by Gasteiger charge is 2.13. The molecule has 170 valence electrons. The molecule has 0 atom stereocenters. The Balaban J connectivity index is 1.22. The zero-order valence-corrected chi connectivity index (χ0v) is 19.1. The van der Waals surface area contributed by atoms with Crippen LogP contribution in [-0.2, 0) is 13.1 Å². The molecule has 5 aromatic rings. The van der Waals surface area contributed by atoms with Gasteiger partial charge in [-0.25, -0.2) is 9.67 Å². The van der Waals surface area contributed by atoms with Crippen molar-refractivity contribution >= 4 is 16.9 Å². The number of carbonyl (C=O) groups excluding carboxylic acids is 1. The number of imidazole rings is 1. The molecule has 1 N–H and O–H groups in total. The van der Waals surface area contributed by atoms with Crippen LogP contribution in [0.4, 0.5) is 0 Å². The number of benzene rings is 3. The minimum absolute atomic E-state index is 0.223. The Labute approximate surface area is 197 Å². The summed E-state index contributed by atoms with van der Waals surface area (Å²) in [6.07, 6.45) is 3.63. The number of methoxy groups -OCH3 is 1. The molecule has 3 aromatic carbocycles. The van der Waals surface area contributed by atoms with Gasteiger partial charge in [-0.2, -0.15) is 5.10 Å². The Hall–Kier alpha value is -4.39. The fraction of sp³-hybridized carbons (Fsp3) is 0.148. The van der Waals surface area contributed by atoms with Gasteiger partial charge >= 0.3 is 0 Å². The number of hydrogen-bond donors (Lipinski definition) is 1. The third kappa shape index (κ3) is 4.41. The van der Waals surface area contributed by atoms with E-state index in [1.165, 1.54) is 5.56 Å². The number of rotatable bonds is 7. The maximum Gasteiger partial charge on any atom is 0.272 e. The number of ether oxygens (including phenoxy) is 1. The van der Waals surface area contributed by atoms with Gasteiger partial charge in [0.25, 0.3) is 5.91 Å². The normalized spacial score (nSPS) is 11.0. The molecule has 2 aromatic heterocycles. The molecule has 0 spiro atoms. The number of nitrogens with zero attached hydrogens (tertiary/aromatic N) is 4. The molecule has 0 aliphatic rings. The van der Waals surface area contributed by atoms with E-state index >= 15 is 0 Å². The van der Waals surface area contributed by atoms with Crippen molar-refractivity contribution in [1.29, 1.82) is 0 Å². The minimum Gasteiger partial charge on any atom is -0.494 e. The minimum atomic E-state index is -0.223. The summed E-state index contributed by atoms with van der Waals surface area (Å²) in [5.74, 6) is 0.476. The van der Waals surface area contributed by atoms with Crippen LogP contribution in [0.1, 0.15) is 27.2 Å². The number of para-hydroxylation sites is 2. The van der Waals surface area contributed by atoms with Crippen LogP contribution < -0.4 is 10.1 Å². The van der Waals surface area contributed by atoms with Gasteiger partial charge in [-0.05, 0) is 53.9 Å². The van der Waals surface area contributed by atoms with Crippen LogP contribution in [0.3, 0.4) is 0 Å². The van der Waals surface area contributed by atoms with Crippen LogP contribution in [-0.4, -0.2) is 32.3 Å². The predicted molar refractivity (Wildman–Crippen MR) is 131 cm³/mol. The first-order valence-electron chi connectivity index (χ1n) is 11.1. The standard InChI is InChI=1S/C27H25N5O2/c1-19-7-12-26(34-2)25(15-19)32-14-13-23(30-32)27(33)28-16-20-8-10-21(11-9-20)17-31-18-29-22-5-3-4-6-24(22)31/h3-15,18H,16-17H2,1-2H3,(H,28,33). The molecule has 0 aliphatic carbocycles. The molecule has 7 heteroatoms. The Morgan fingerprint density at radius 2 is 1.79 bits per heavy atom. The largest absolute Gasteiger partial charge is 0.494 e. The van der Waals surface area contributed by atoms with Crippen LogP contribution in [0.25, 0.3) is 16.7 Å². The molecule has 34 heavy (non-hydrogen) atoms. The van der Waals surface area contributed by atoms with Gasteiger partial charge in [0.1, 0.15) is 11.4 Å². The summed E-state index contributed by atoms with van der Waals surface area (Å²) in [6.45, 7) is 3.17. The van der Waals surface area contributed by atoms with Gasteiger partial charge in [-0.3, -0.25) is 4.79 Å². The predicted octanol–water partition coefficient (Wildman–Crippen LogP) is 4.52. The average Bonchev–Trinajstić information content (AvgIpc) is 3.51. The van der Waals surface area contributed by atoms with Crippen LogP contribution in [0.5, 0.6) is 5.75 Å². The maximum atomic E-state index is 12.7. The van der Waals surface area contributed by atoms with Gasteiger partial charge < -0.3 is 14.6 Å². The Morgan fingerprint density at radius 1 is 1.00 bits per heavy atom. The second-order valence-corrected chi connectivity index (χ2v) is 8.18. The lowest BCUT2D eigenvalue weighted by molar-refractivity contribution is 0.0945. The first-order chi connectivity index (χ1) is 16.6. The van der Waals surface area contributed by atoms with Crippen molar-refractivity contribution in [2.24, 2.45) is 0 Å². The molecule has 0 bridgehead atoms. The number of hydrogen-bond acceptors (Lipinski definition) is 4. The lowest BCUT2D eigenvalue weighted by atomic mass is 10.1. The fourth-order valence-corrected chi connectivity index (χ4v) is 3.93. The number of carbonyl (C=O) groups is 1. The molecule has 0 aliphatic heterocycles. The number of amides is 1. The second kappa shape index (κ2) is 9.23. The van der Waals surface area contributed by atoms with Gasteiger partial charge in [0.2, 0.25) is 0 Å². The first-order valence-corrected chi connectivity index (χ1v) is 11.1. The van der Waals surface area contributed by atoms with E-state index in [9.17, 15) is 4.79 Å². The summed E-state index contributed by atoms with van der Waals surface area (Å²) < 4.78 is 9.22. The van der Waals surface area contributed by atoms with Crippen molar-refractivity contribution in [3.63, 3.8) is 0 Å². The molecule has 5 rings (SSSR count). The Kier molecular flexibility index (Phi) is 5.82. The number of nitrogens with one attached hydrogen (secondary N) is 1. The third-order valence-electron chi connectivity index (χ3n) is 5.76. The summed E-state index contributed by atoms with van der Waals surface area (Å²) in [5, 5.41) is 7.39. The van der Waals surface area contributed by atoms with Crippen molar-refractivity contribution < 1.29 is 9.53 Å². The van der Waals surface area contributed by atoms with Crippen LogP contribution in [0.15, 0.2) is 85.3 Å². The molecular formula is C27H25N5O2. The lowest BCUT2D eigenvalue weighted by Crippen LogP contribution is -2.23. The van der Waals surface area contributed by atoms with Crippen molar-refractivity contribution in [3.05, 3.63) is 108 Å². The molecule has 0 unspecified atom stereocenters. The molecular weight excluding hydrogens is 426 g/mol. The quantitative estimate of drug-likeness (QED) is 0.395. The SMILES string of the molecule is COc1ccc(C)cc1-n1ccc(C(=O)NCc2ccc(Cn3cnc4ccccc43)cc2)n1. The van der Waals surface area contributed by atoms with E-state index in [0.29, 0.717) is 18.0 Å². The molecule has 0 saturated carbocycles. The van der Waals surface area contributed by atoms with E-state index in [1.807, 2.05) is 61.8 Å². The smallest absolute Gasteiger partial charge is 0.272 e. The second-order valence-electron chi connectivity index (χ2n) is 8.18. The summed E-state index contributed by atoms with van der Waals surface area (Å²) >= 11 is 0. The van der Waals surface area contributed by atoms with E-state index in [-0.39, 0.29) is 5.91 Å². The number of aryl methyl sites for hydroxylation is 1. The topological polar surface area (TPSA) is 74.0 Å². The monoisotopic (exact) mass is 451 g/mol. The maximum absolute atomic E-state index is 12.7. The summed E-state index contributed by atoms with van der Waals surface area (Å²) in [4.78, 5) is 17.1. The lowest BCUT2D eigenvalue weighted by Gasteiger charge is -2.09. The van der Waals surface area contributed by atoms with Crippen LogP contribution in [0.2, 0.25) is 0 Å². The molecule has 0 radical (unpaired) electrons. The summed E-state index contributed by atoms with van der Waals surface area (Å²) in [5.41, 5.74) is 6.53.